The second-order valence-electron chi connectivity index (χ2n) is 6.00. The van der Waals surface area contributed by atoms with Gasteiger partial charge in [0, 0.05) is 17.8 Å². The molecule has 0 saturated heterocycles. The summed E-state index contributed by atoms with van der Waals surface area (Å²) in [5.41, 5.74) is 1.00. The van der Waals surface area contributed by atoms with Crippen LogP contribution in [0.2, 0.25) is 0 Å². The molecule has 0 aliphatic rings. The van der Waals surface area contributed by atoms with E-state index in [2.05, 4.69) is 45.6 Å². The molecule has 0 atom stereocenters. The molecule has 2 heterocycles. The zero-order valence-electron chi connectivity index (χ0n) is 16.0. The number of rotatable bonds is 6. The van der Waals surface area contributed by atoms with Crippen molar-refractivity contribution < 1.29 is 42.2 Å². The Morgan fingerprint density at radius 3 is 2.32 bits per heavy atom. The van der Waals surface area contributed by atoms with Gasteiger partial charge in [0.15, 0.2) is 5.82 Å². The van der Waals surface area contributed by atoms with Crippen LogP contribution in [0.1, 0.15) is 11.5 Å². The summed E-state index contributed by atoms with van der Waals surface area (Å²) in [5.74, 6) is -1.40. The molecule has 7 nitrogen and oxygen atoms in total. The summed E-state index contributed by atoms with van der Waals surface area (Å²) < 4.78 is 42.6. The molecule has 0 aliphatic heterocycles. The fourth-order valence-electron chi connectivity index (χ4n) is 2.52. The molecular formula is C20H16F3N5O2Os. The number of carbonyl (C=O) groups excluding carboxylic acids is 1. The summed E-state index contributed by atoms with van der Waals surface area (Å²) >= 11 is 0. The molecule has 2 aromatic heterocycles. The molecule has 3 aromatic rings. The number of halogens is 3. The third-order valence-electron chi connectivity index (χ3n) is 4.04. The molecule has 31 heavy (non-hydrogen) atoms. The summed E-state index contributed by atoms with van der Waals surface area (Å²) in [6.45, 7) is 8.01. The number of aromatic nitrogens is 3. The van der Waals surface area contributed by atoms with E-state index in [0.717, 1.165) is 0 Å². The van der Waals surface area contributed by atoms with Crippen molar-refractivity contribution in [3.8, 4) is 11.5 Å². The van der Waals surface area contributed by atoms with Crippen LogP contribution in [0.4, 0.5) is 23.8 Å². The monoisotopic (exact) mass is 607 g/mol. The molecule has 0 radical (unpaired) electrons. The third-order valence-corrected chi connectivity index (χ3v) is 4.04. The summed E-state index contributed by atoms with van der Waals surface area (Å²) in [6, 6.07) is 13.1. The van der Waals surface area contributed by atoms with E-state index in [1.807, 2.05) is 0 Å². The molecule has 0 unspecified atom stereocenters. The Kier molecular flexibility index (Phi) is 8.12. The third kappa shape index (κ3) is 5.80. The predicted molar refractivity (Wildman–Crippen MR) is 101 cm³/mol. The van der Waals surface area contributed by atoms with E-state index in [4.69, 9.17) is 0 Å². The molecule has 162 valence electrons. The van der Waals surface area contributed by atoms with Gasteiger partial charge in [-0.25, -0.2) is 9.78 Å². The topological polar surface area (TPSA) is 75.4 Å². The number of nitrogens with zero attached hydrogens (tertiary/aromatic N) is 5. The Hall–Kier alpha value is -2.97. The number of hydrogen-bond donors (Lipinski definition) is 0. The van der Waals surface area contributed by atoms with Crippen molar-refractivity contribution in [1.82, 2.24) is 20.1 Å². The quantitative estimate of drug-likeness (QED) is 0.400. The van der Waals surface area contributed by atoms with E-state index in [9.17, 15) is 18.0 Å². The minimum absolute atomic E-state index is 0. The average molecular weight is 606 g/mol. The van der Waals surface area contributed by atoms with Crippen LogP contribution in [0.15, 0.2) is 40.9 Å². The van der Waals surface area contributed by atoms with E-state index in [-0.39, 0.29) is 57.2 Å². The van der Waals surface area contributed by atoms with Gasteiger partial charge in [-0.3, -0.25) is 4.90 Å². The van der Waals surface area contributed by atoms with Crippen LogP contribution in [0, 0.1) is 26.0 Å². The standard InChI is InChI=1S/C20H16F3N5O2.Os/c1-3-27(4-2)19(29)28(16-7-5-6-12-24-16)13-14-8-10-15(11-9-14)17-25-26-18(30-17)20(21,22)23;/h6,8-12H,1-4,13H2;/q-2;+2. The van der Waals surface area contributed by atoms with E-state index in [1.165, 1.54) is 28.1 Å². The molecule has 2 amide bonds. The summed E-state index contributed by atoms with van der Waals surface area (Å²) in [5, 5.41) is 6.43. The Bertz CT molecular complexity index is 976. The van der Waals surface area contributed by atoms with Crippen LogP contribution in [0.5, 0.6) is 0 Å². The van der Waals surface area contributed by atoms with Crippen molar-refractivity contribution >= 4 is 11.8 Å². The molecule has 0 fully saturated rings. The van der Waals surface area contributed by atoms with Crippen molar-refractivity contribution in [2.45, 2.75) is 12.7 Å². The Morgan fingerprint density at radius 1 is 1.13 bits per heavy atom. The van der Waals surface area contributed by atoms with Gasteiger partial charge in [-0.1, -0.05) is 18.2 Å². The predicted octanol–water partition coefficient (Wildman–Crippen LogP) is 3.85. The first-order valence-electron chi connectivity index (χ1n) is 8.72. The molecule has 3 rings (SSSR count). The van der Waals surface area contributed by atoms with E-state index in [0.29, 0.717) is 11.1 Å². The first-order chi connectivity index (χ1) is 14.3. The second kappa shape index (κ2) is 10.4. The van der Waals surface area contributed by atoms with Gasteiger partial charge < -0.3 is 23.2 Å². The van der Waals surface area contributed by atoms with Gasteiger partial charge in [-0.2, -0.15) is 13.2 Å². The Morgan fingerprint density at radius 2 is 1.81 bits per heavy atom. The number of carbonyl (C=O) groups is 1. The van der Waals surface area contributed by atoms with Gasteiger partial charge in [0.05, 0.1) is 6.54 Å². The summed E-state index contributed by atoms with van der Waals surface area (Å²) in [7, 11) is 0. The molecule has 0 saturated carbocycles. The summed E-state index contributed by atoms with van der Waals surface area (Å²) in [4.78, 5) is 19.8. The smallest absolute Gasteiger partial charge is 0.413 e. The van der Waals surface area contributed by atoms with Gasteiger partial charge in [0.2, 0.25) is 5.89 Å². The van der Waals surface area contributed by atoms with Crippen molar-refractivity contribution in [1.29, 1.82) is 0 Å². The maximum absolute atomic E-state index is 12.9. The zero-order valence-corrected chi connectivity index (χ0v) is 18.6. The minimum Gasteiger partial charge on any atom is -0.413 e. The first kappa shape index (κ1) is 24.3. The van der Waals surface area contributed by atoms with E-state index in [1.54, 1.807) is 18.2 Å². The van der Waals surface area contributed by atoms with Crippen LogP contribution in [0.25, 0.3) is 11.5 Å². The number of urea groups is 1. The SMILES string of the molecule is [CH2-]CN(C[CH2-])C(=O)N(Cc1ccc(-c2nnc(C(F)(F)F)o2)cc1)c1c#cccn1.[Os+2]. The number of alkyl halides is 3. The van der Waals surface area contributed by atoms with Crippen molar-refractivity contribution in [2.24, 2.45) is 0 Å². The number of benzene rings is 1. The van der Waals surface area contributed by atoms with Crippen molar-refractivity contribution in [3.63, 3.8) is 0 Å². The van der Waals surface area contributed by atoms with E-state index >= 15 is 0 Å². The maximum atomic E-state index is 12.9. The van der Waals surface area contributed by atoms with Crippen LogP contribution in [0.3, 0.4) is 0 Å². The molecule has 0 N–H and O–H groups in total. The number of anilines is 1. The van der Waals surface area contributed by atoms with Crippen LogP contribution >= 0.6 is 0 Å². The minimum atomic E-state index is -4.71. The van der Waals surface area contributed by atoms with Gasteiger partial charge in [0.1, 0.15) is 0 Å². The summed E-state index contributed by atoms with van der Waals surface area (Å²) in [6.07, 6.45) is -3.22. The van der Waals surface area contributed by atoms with Gasteiger partial charge in [-0.15, -0.1) is 23.3 Å². The maximum Gasteiger partial charge on any atom is 2.00 e. The molecule has 0 aliphatic carbocycles. The van der Waals surface area contributed by atoms with Gasteiger partial charge >= 0.3 is 37.9 Å². The normalized spacial score (nSPS) is 10.7. The van der Waals surface area contributed by atoms with Crippen LogP contribution in [-0.2, 0) is 32.5 Å². The van der Waals surface area contributed by atoms with Crippen LogP contribution < -0.4 is 4.90 Å². The van der Waals surface area contributed by atoms with Gasteiger partial charge in [-0.05, 0) is 23.8 Å². The number of hydrogen-bond acceptors (Lipinski definition) is 5. The molecule has 0 spiro atoms. The first-order valence-corrected chi connectivity index (χ1v) is 8.72. The Balaban J connectivity index is 0.00000341. The fourth-order valence-corrected chi connectivity index (χ4v) is 2.52. The van der Waals surface area contributed by atoms with Gasteiger partial charge in [0.25, 0.3) is 0 Å². The largest absolute Gasteiger partial charge is 2.00 e. The fraction of sp³-hybridized carbons (Fsp3) is 0.200. The zero-order chi connectivity index (χ0) is 21.7. The molecule has 11 heteroatoms. The van der Waals surface area contributed by atoms with Crippen LogP contribution in [-0.4, -0.2) is 39.2 Å². The molecular weight excluding hydrogens is 589 g/mol. The number of amides is 2. The molecule has 1 aromatic carbocycles. The van der Waals surface area contributed by atoms with Crippen molar-refractivity contribution in [3.05, 3.63) is 74.0 Å². The second-order valence-corrected chi connectivity index (χ2v) is 6.00. The van der Waals surface area contributed by atoms with E-state index < -0.39 is 12.1 Å². The average Bonchev–Trinajstić information content (AvgIpc) is 3.25. The molecule has 0 bridgehead atoms. The Labute approximate surface area is 190 Å². The van der Waals surface area contributed by atoms with Crippen molar-refractivity contribution in [2.75, 3.05) is 18.0 Å².